The average molecular weight is 1830 g/mol. The molecule has 24 atom stereocenters. The van der Waals surface area contributed by atoms with Crippen molar-refractivity contribution in [3.63, 3.8) is 0 Å². The quantitative estimate of drug-likeness (QED) is 0.0189. The molecular weight excluding hydrogens is 1700 g/mol. The lowest BCUT2D eigenvalue weighted by Gasteiger charge is -2.39. The van der Waals surface area contributed by atoms with E-state index in [4.69, 9.17) is 37.6 Å². The molecule has 4 aromatic carbocycles. The number of hydrogen-bond donors (Lipinski definition) is 25. The monoisotopic (exact) mass is 1830 g/mol. The number of β-amino-alcohol motifs (C(OH)–C–C–N with tert-alkyl or cyclic N) is 6. The van der Waals surface area contributed by atoms with Gasteiger partial charge in [-0.1, -0.05) is 76.2 Å². The predicted octanol–water partition coefficient (Wildman–Crippen LogP) is -4.49. The SMILES string of the molecule is CC(C)C[C@@H](N)C(=O)N1C[C@H](CO)[C@@H](O)[C@H](O)C1.CC(C)C[C@H](N)C(=O)N1C[C@H](CO)[C@@H](O)[C@H](O)C1.Cl.Cl.Nc1cccc(CN2C[C@H](CO)[C@@H](O)[C@H](O)C2)c1.O=[N+]([O-])c1cccc(CN2C[C@H](CO)[C@@H](O)[C@H](O)C2)c1.O=[N+]([O-])c1ccccc1CN1C[C@H](CO)[C@@H](O)[C@H](O)C1.OC[C@@H]1[C@@H](O)[C@H](O)CN[C@H]1Cc1ccc(F)cc1F.OC[C@H]1CNC[C@H](F)[C@@H]1O. The minimum Gasteiger partial charge on any atom is -0.399 e. The van der Waals surface area contributed by atoms with Crippen molar-refractivity contribution in [1.29, 1.82) is 0 Å². The van der Waals surface area contributed by atoms with Gasteiger partial charge in [0.25, 0.3) is 11.4 Å². The number of non-ortho nitro benzene ring substituents is 1. The number of amides is 2. The molecule has 714 valence electrons. The Morgan fingerprint density at radius 1 is 0.456 bits per heavy atom. The first kappa shape index (κ1) is 113. The fraction of sp³-hybridized carbons (Fsp3) is 0.683. The molecule has 0 aliphatic carbocycles. The number of nitro groups is 2. The molecule has 7 saturated heterocycles. The molecule has 0 bridgehead atoms. The van der Waals surface area contributed by atoms with Crippen molar-refractivity contribution >= 4 is 53.7 Å². The summed E-state index contributed by atoms with van der Waals surface area (Å²) >= 11 is 0. The first-order chi connectivity index (χ1) is 58.1. The first-order valence-corrected chi connectivity index (χ1v) is 41.3. The number of aliphatic hydroxyl groups excluding tert-OH is 20. The smallest absolute Gasteiger partial charge is 0.273 e. The predicted molar refractivity (Wildman–Crippen MR) is 457 cm³/mol. The zero-order valence-electron chi connectivity index (χ0n) is 70.8. The highest BCUT2D eigenvalue weighted by Gasteiger charge is 2.43. The minimum absolute atomic E-state index is 0. The number of carbonyl (C=O) groups is 2. The van der Waals surface area contributed by atoms with Crippen molar-refractivity contribution in [2.75, 3.05) is 137 Å². The van der Waals surface area contributed by atoms with Gasteiger partial charge in [0.1, 0.15) is 17.8 Å². The maximum atomic E-state index is 13.6. The number of halogens is 5. The van der Waals surface area contributed by atoms with Crippen molar-refractivity contribution in [3.8, 4) is 0 Å². The van der Waals surface area contributed by atoms with Gasteiger partial charge in [-0.15, -0.1) is 24.8 Å². The van der Waals surface area contributed by atoms with E-state index in [0.717, 1.165) is 17.2 Å². The number of rotatable bonds is 23. The van der Waals surface area contributed by atoms with Gasteiger partial charge in [-0.2, -0.15) is 0 Å². The summed E-state index contributed by atoms with van der Waals surface area (Å²) in [6, 6.07) is 22.1. The fourth-order valence-corrected chi connectivity index (χ4v) is 15.7. The number of nitrogen functional groups attached to an aromatic ring is 1. The largest absolute Gasteiger partial charge is 0.399 e. The Bertz CT molecular complexity index is 3740. The lowest BCUT2D eigenvalue weighted by Crippen LogP contribution is -2.58. The van der Waals surface area contributed by atoms with Crippen LogP contribution in [0.4, 0.5) is 30.2 Å². The van der Waals surface area contributed by atoms with E-state index in [0.29, 0.717) is 93.8 Å². The summed E-state index contributed by atoms with van der Waals surface area (Å²) in [5.74, 6) is -4.22. The van der Waals surface area contributed by atoms with Gasteiger partial charge in [0.05, 0.1) is 114 Å². The van der Waals surface area contributed by atoms with E-state index in [-0.39, 0.29) is 171 Å². The summed E-state index contributed by atoms with van der Waals surface area (Å²) in [6.45, 7) is 11.6. The van der Waals surface area contributed by atoms with Crippen LogP contribution in [0.2, 0.25) is 0 Å². The lowest BCUT2D eigenvalue weighted by molar-refractivity contribution is -0.385. The Balaban J connectivity index is 0.000000378. The highest BCUT2D eigenvalue weighted by atomic mass is 35.5. The molecule has 7 heterocycles. The normalized spacial score (nSPS) is 29.9. The van der Waals surface area contributed by atoms with E-state index in [1.807, 2.05) is 61.8 Å². The third-order valence-corrected chi connectivity index (χ3v) is 22.7. The topological polar surface area (TPSA) is 643 Å². The van der Waals surface area contributed by atoms with Crippen molar-refractivity contribution in [3.05, 3.63) is 145 Å². The van der Waals surface area contributed by atoms with Gasteiger partial charge >= 0.3 is 0 Å². The number of para-hydroxylation sites is 1. The zero-order valence-corrected chi connectivity index (χ0v) is 72.4. The third kappa shape index (κ3) is 35.5. The Hall–Kier alpha value is -6.29. The molecule has 0 saturated carbocycles. The zero-order chi connectivity index (χ0) is 91.8. The highest BCUT2D eigenvalue weighted by molar-refractivity contribution is 5.86. The number of likely N-dealkylation sites (tertiary alicyclic amines) is 5. The molecule has 125 heavy (non-hydrogen) atoms. The standard InChI is InChI=1S/C13H17F2NO3.2C13H18N2O5.C13H20N2O3.2C12H24N2O4.C6H12FNO2.2ClH/c14-8-2-1-7(10(15)4-8)3-11-9(6-17)13(19)12(18)5-16-11;16-8-10-6-14(7-12(17)13(10)18)5-9-2-1-3-11(4-9)15(19)20;16-8-10-6-14(7-12(17)13(10)18)5-9-3-1-2-4-11(9)15(19)20;14-11-3-1-2-9(4-11)5-15-6-10(8-16)13(18)12(17)7-15;2*1-7(2)3-9(13)12(18)14-4-8(6-15)11(17)10(16)5-14;7-5-2-8-1-4(3-9)6(5)10;;/h1-2,4,9,11-13,16-19H,3,5-6H2;2*1-4,10,12-13,16-18H,5-8H2;1-4,10,12-13,16-18H,5-8,14H2;2*7-11,15-17H,3-6,13H2,1-2H3;4-6,8-10H,1-3H2;2*1H/t9-,11-,12+,13+;3*10-,12-,13-;8-,9+,10-,11-;8-,9-,10-,11-;4-,5+,6-;;/m0111111../s1. The summed E-state index contributed by atoms with van der Waals surface area (Å²) in [7, 11) is 0. The number of nitrogens with one attached hydrogen (secondary N) is 2. The number of piperidine rings is 7. The van der Waals surface area contributed by atoms with Crippen LogP contribution in [-0.4, -0.2) is 383 Å². The molecule has 0 radical (unpaired) electrons. The van der Waals surface area contributed by atoms with Crippen molar-refractivity contribution in [2.45, 2.75) is 170 Å². The molecule has 43 heteroatoms. The molecule has 4 aromatic rings. The number of alkyl halides is 1. The number of benzene rings is 4. The molecule has 11 rings (SSSR count). The second-order valence-electron chi connectivity index (χ2n) is 33.6. The van der Waals surface area contributed by atoms with E-state index in [1.165, 1.54) is 40.1 Å². The van der Waals surface area contributed by atoms with Crippen LogP contribution in [0.15, 0.2) is 91.0 Å². The number of nitrogens with two attached hydrogens (primary N) is 3. The summed E-state index contributed by atoms with van der Waals surface area (Å²) < 4.78 is 39.0. The van der Waals surface area contributed by atoms with Crippen molar-refractivity contribution in [2.24, 2.45) is 64.7 Å². The van der Waals surface area contributed by atoms with E-state index < -0.39 is 149 Å². The van der Waals surface area contributed by atoms with Crippen LogP contribution in [0.3, 0.4) is 0 Å². The maximum Gasteiger partial charge on any atom is 0.273 e. The van der Waals surface area contributed by atoms with Gasteiger partial charge in [-0.3, -0.25) is 44.5 Å². The van der Waals surface area contributed by atoms with Crippen LogP contribution >= 0.6 is 24.8 Å². The molecular formula is C82H135Cl2F3N12O26. The summed E-state index contributed by atoms with van der Waals surface area (Å²) in [5.41, 5.74) is 20.8. The summed E-state index contributed by atoms with van der Waals surface area (Å²) in [6.07, 6.45) is -12.3. The molecule has 38 nitrogen and oxygen atoms in total. The van der Waals surface area contributed by atoms with E-state index >= 15 is 0 Å². The number of carbonyl (C=O) groups excluding carboxylic acids is 2. The van der Waals surface area contributed by atoms with Gasteiger partial charge in [0, 0.05) is 221 Å². The summed E-state index contributed by atoms with van der Waals surface area (Å²) in [4.78, 5) is 53.5. The number of anilines is 1. The Kier molecular flexibility index (Phi) is 50.9. The number of aliphatic hydroxyl groups is 20. The Morgan fingerprint density at radius 2 is 0.872 bits per heavy atom. The molecule has 7 aliphatic rings. The van der Waals surface area contributed by atoms with Crippen LogP contribution < -0.4 is 27.8 Å². The minimum atomic E-state index is -1.23. The van der Waals surface area contributed by atoms with Crippen LogP contribution in [0.25, 0.3) is 0 Å². The summed E-state index contributed by atoms with van der Waals surface area (Å²) in [5, 5.41) is 217. The van der Waals surface area contributed by atoms with Gasteiger partial charge in [0.15, 0.2) is 0 Å². The molecule has 2 amide bonds. The molecule has 0 unspecified atom stereocenters. The van der Waals surface area contributed by atoms with E-state index in [1.54, 1.807) is 35.2 Å². The molecule has 0 spiro atoms. The second kappa shape index (κ2) is 56.3. The molecule has 0 aromatic heterocycles. The van der Waals surface area contributed by atoms with Crippen LogP contribution in [0.5, 0.6) is 0 Å². The number of nitro benzene ring substituents is 2. The molecule has 7 fully saturated rings. The number of hydrogen-bond acceptors (Lipinski definition) is 34. The number of nitrogens with zero attached hydrogens (tertiary/aromatic N) is 7. The Morgan fingerprint density at radius 3 is 1.27 bits per heavy atom. The maximum absolute atomic E-state index is 13.6. The van der Waals surface area contributed by atoms with Crippen molar-refractivity contribution < 1.29 is 135 Å². The van der Waals surface area contributed by atoms with E-state index in [9.17, 15) is 125 Å². The second-order valence-corrected chi connectivity index (χ2v) is 33.6. The molecule has 7 aliphatic heterocycles. The Labute approximate surface area is 737 Å². The fourth-order valence-electron chi connectivity index (χ4n) is 15.7. The highest BCUT2D eigenvalue weighted by Crippen LogP contribution is 2.29. The van der Waals surface area contributed by atoms with Gasteiger partial charge in [-0.05, 0) is 66.0 Å². The van der Waals surface area contributed by atoms with Crippen LogP contribution in [-0.2, 0) is 35.6 Å². The average Bonchev–Trinajstić information content (AvgIpc) is 0.830. The van der Waals surface area contributed by atoms with E-state index in [2.05, 4.69) is 10.6 Å². The van der Waals surface area contributed by atoms with Crippen LogP contribution in [0, 0.1) is 85.1 Å². The lowest BCUT2D eigenvalue weighted by atomic mass is 9.84. The van der Waals surface area contributed by atoms with Gasteiger partial charge in [-0.25, -0.2) is 13.2 Å². The van der Waals surface area contributed by atoms with Gasteiger partial charge in [0.2, 0.25) is 11.8 Å². The van der Waals surface area contributed by atoms with Gasteiger partial charge < -0.3 is 140 Å². The first-order valence-electron chi connectivity index (χ1n) is 41.3. The third-order valence-electron chi connectivity index (χ3n) is 22.7. The van der Waals surface area contributed by atoms with Crippen LogP contribution in [0.1, 0.15) is 62.8 Å². The molecule has 28 N–H and O–H groups in total. The van der Waals surface area contributed by atoms with Crippen molar-refractivity contribution in [1.82, 2.24) is 35.1 Å².